The molecule has 0 radical (unpaired) electrons. The number of para-hydroxylation sites is 1. The molecule has 2 aromatic carbocycles. The molecule has 24 heavy (non-hydrogen) atoms. The van der Waals surface area contributed by atoms with E-state index in [1.54, 1.807) is 74.5 Å². The van der Waals surface area contributed by atoms with E-state index in [0.717, 1.165) is 0 Å². The Morgan fingerprint density at radius 3 is 1.96 bits per heavy atom. The molecule has 0 heterocycles. The zero-order chi connectivity index (χ0) is 17.5. The van der Waals surface area contributed by atoms with Gasteiger partial charge < -0.3 is 10.1 Å². The highest BCUT2D eigenvalue weighted by atomic mass is 16.5. The molecule has 0 aromatic heterocycles. The Kier molecular flexibility index (Phi) is 5.84. The van der Waals surface area contributed by atoms with Crippen LogP contribution in [-0.4, -0.2) is 23.7 Å². The number of ether oxygens (including phenoxy) is 1. The minimum Gasteiger partial charge on any atom is -0.425 e. The Morgan fingerprint density at radius 1 is 0.875 bits per heavy atom. The SMILES string of the molecule is CC(C)C(=O)C(NC(=O)c1ccccc1)C(=O)Oc1ccccc1. The van der Waals surface area contributed by atoms with Crippen molar-refractivity contribution in [3.05, 3.63) is 66.2 Å². The fourth-order valence-electron chi connectivity index (χ4n) is 2.05. The van der Waals surface area contributed by atoms with E-state index in [2.05, 4.69) is 5.32 Å². The second-order valence-corrected chi connectivity index (χ2v) is 5.56. The highest BCUT2D eigenvalue weighted by Crippen LogP contribution is 2.11. The zero-order valence-electron chi connectivity index (χ0n) is 13.6. The Hall–Kier alpha value is -2.95. The number of amides is 1. The number of hydrogen-bond acceptors (Lipinski definition) is 4. The summed E-state index contributed by atoms with van der Waals surface area (Å²) in [5.74, 6) is -1.81. The van der Waals surface area contributed by atoms with Crippen molar-refractivity contribution in [1.29, 1.82) is 0 Å². The van der Waals surface area contributed by atoms with Gasteiger partial charge in [-0.3, -0.25) is 9.59 Å². The van der Waals surface area contributed by atoms with Crippen LogP contribution in [-0.2, 0) is 9.59 Å². The smallest absolute Gasteiger partial charge is 0.341 e. The Balaban J connectivity index is 2.17. The zero-order valence-corrected chi connectivity index (χ0v) is 13.6. The van der Waals surface area contributed by atoms with Gasteiger partial charge in [0.05, 0.1) is 0 Å². The summed E-state index contributed by atoms with van der Waals surface area (Å²) in [6, 6.07) is 15.5. The van der Waals surface area contributed by atoms with Gasteiger partial charge in [-0.15, -0.1) is 0 Å². The number of esters is 1. The number of ketones is 1. The molecule has 0 bridgehead atoms. The quantitative estimate of drug-likeness (QED) is 0.503. The first-order valence-corrected chi connectivity index (χ1v) is 7.65. The molecule has 0 aliphatic carbocycles. The summed E-state index contributed by atoms with van der Waals surface area (Å²) >= 11 is 0. The fraction of sp³-hybridized carbons (Fsp3) is 0.211. The van der Waals surface area contributed by atoms with Crippen molar-refractivity contribution in [2.45, 2.75) is 19.9 Å². The first-order valence-electron chi connectivity index (χ1n) is 7.65. The highest BCUT2D eigenvalue weighted by Gasteiger charge is 2.32. The molecule has 1 amide bonds. The highest BCUT2D eigenvalue weighted by molar-refractivity contribution is 6.09. The van der Waals surface area contributed by atoms with Crippen LogP contribution < -0.4 is 10.1 Å². The second kappa shape index (κ2) is 8.06. The van der Waals surface area contributed by atoms with Crippen molar-refractivity contribution in [2.75, 3.05) is 0 Å². The number of rotatable bonds is 6. The summed E-state index contributed by atoms with van der Waals surface area (Å²) in [4.78, 5) is 37.0. The molecule has 1 atom stereocenters. The molecule has 0 aliphatic heterocycles. The third-order valence-electron chi connectivity index (χ3n) is 3.36. The van der Waals surface area contributed by atoms with Gasteiger partial charge in [0.15, 0.2) is 11.8 Å². The molecule has 5 heteroatoms. The molecular formula is C19H19NO4. The summed E-state index contributed by atoms with van der Waals surface area (Å²) in [5, 5.41) is 2.47. The number of Topliss-reactive ketones (excluding diaryl/α,β-unsaturated/α-hetero) is 1. The number of hydrogen-bond donors (Lipinski definition) is 1. The molecule has 0 fully saturated rings. The Labute approximate surface area is 140 Å². The lowest BCUT2D eigenvalue weighted by atomic mass is 10.0. The van der Waals surface area contributed by atoms with Crippen LogP contribution in [0.15, 0.2) is 60.7 Å². The molecule has 5 nitrogen and oxygen atoms in total. The van der Waals surface area contributed by atoms with E-state index in [1.807, 2.05) is 0 Å². The maximum Gasteiger partial charge on any atom is 0.341 e. The van der Waals surface area contributed by atoms with Crippen LogP contribution in [0.3, 0.4) is 0 Å². The van der Waals surface area contributed by atoms with Crippen LogP contribution >= 0.6 is 0 Å². The number of carbonyl (C=O) groups is 3. The molecular weight excluding hydrogens is 306 g/mol. The van der Waals surface area contributed by atoms with Gasteiger partial charge in [-0.25, -0.2) is 4.79 Å². The molecule has 124 valence electrons. The van der Waals surface area contributed by atoms with Crippen molar-refractivity contribution in [1.82, 2.24) is 5.32 Å². The van der Waals surface area contributed by atoms with Crippen LogP contribution in [0.1, 0.15) is 24.2 Å². The van der Waals surface area contributed by atoms with E-state index in [-0.39, 0.29) is 0 Å². The summed E-state index contributed by atoms with van der Waals surface area (Å²) in [7, 11) is 0. The van der Waals surface area contributed by atoms with Gasteiger partial charge in [-0.1, -0.05) is 50.2 Å². The average Bonchev–Trinajstić information content (AvgIpc) is 2.60. The number of nitrogens with one attached hydrogen (secondary N) is 1. The third-order valence-corrected chi connectivity index (χ3v) is 3.36. The average molecular weight is 325 g/mol. The Bertz CT molecular complexity index is 711. The van der Waals surface area contributed by atoms with Gasteiger partial charge in [-0.2, -0.15) is 0 Å². The van der Waals surface area contributed by atoms with Crippen LogP contribution in [0.5, 0.6) is 5.75 Å². The molecule has 0 aliphatic rings. The van der Waals surface area contributed by atoms with E-state index in [4.69, 9.17) is 4.74 Å². The molecule has 0 spiro atoms. The molecule has 2 aromatic rings. The van der Waals surface area contributed by atoms with E-state index in [0.29, 0.717) is 11.3 Å². The monoisotopic (exact) mass is 325 g/mol. The van der Waals surface area contributed by atoms with Crippen LogP contribution in [0, 0.1) is 5.92 Å². The minimum atomic E-state index is -1.35. The van der Waals surface area contributed by atoms with Crippen LogP contribution in [0.4, 0.5) is 0 Å². The topological polar surface area (TPSA) is 72.5 Å². The lowest BCUT2D eigenvalue weighted by Gasteiger charge is -2.18. The van der Waals surface area contributed by atoms with Gasteiger partial charge in [0.25, 0.3) is 5.91 Å². The number of benzene rings is 2. The molecule has 1 N–H and O–H groups in total. The van der Waals surface area contributed by atoms with E-state index in [9.17, 15) is 14.4 Å². The van der Waals surface area contributed by atoms with E-state index < -0.39 is 29.6 Å². The molecule has 2 rings (SSSR count). The van der Waals surface area contributed by atoms with Crippen molar-refractivity contribution in [3.63, 3.8) is 0 Å². The standard InChI is InChI=1S/C19H19NO4/c1-13(2)17(21)16(19(23)24-15-11-7-4-8-12-15)20-18(22)14-9-5-3-6-10-14/h3-13,16H,1-2H3,(H,20,22). The summed E-state index contributed by atoms with van der Waals surface area (Å²) in [6.07, 6.45) is 0. The van der Waals surface area contributed by atoms with Gasteiger partial charge >= 0.3 is 5.97 Å². The minimum absolute atomic E-state index is 0.318. The van der Waals surface area contributed by atoms with Crippen LogP contribution in [0.2, 0.25) is 0 Å². The molecule has 1 unspecified atom stereocenters. The third kappa shape index (κ3) is 4.52. The van der Waals surface area contributed by atoms with Gasteiger partial charge in [-0.05, 0) is 24.3 Å². The van der Waals surface area contributed by atoms with Gasteiger partial charge in [0.1, 0.15) is 5.75 Å². The summed E-state index contributed by atoms with van der Waals surface area (Å²) in [6.45, 7) is 3.33. The maximum atomic E-state index is 12.4. The largest absolute Gasteiger partial charge is 0.425 e. The number of carbonyl (C=O) groups excluding carboxylic acids is 3. The maximum absolute atomic E-state index is 12.4. The Morgan fingerprint density at radius 2 is 1.42 bits per heavy atom. The van der Waals surface area contributed by atoms with Crippen molar-refractivity contribution >= 4 is 17.7 Å². The fourth-order valence-corrected chi connectivity index (χ4v) is 2.05. The summed E-state index contributed by atoms with van der Waals surface area (Å²) < 4.78 is 5.21. The predicted molar refractivity (Wildman–Crippen MR) is 89.6 cm³/mol. The first kappa shape index (κ1) is 17.4. The van der Waals surface area contributed by atoms with Crippen molar-refractivity contribution < 1.29 is 19.1 Å². The molecule has 0 saturated carbocycles. The van der Waals surface area contributed by atoms with Crippen molar-refractivity contribution in [2.24, 2.45) is 5.92 Å². The van der Waals surface area contributed by atoms with Gasteiger partial charge in [0.2, 0.25) is 0 Å². The van der Waals surface area contributed by atoms with Crippen LogP contribution in [0.25, 0.3) is 0 Å². The van der Waals surface area contributed by atoms with Gasteiger partial charge in [0, 0.05) is 11.5 Å². The predicted octanol–water partition coefficient (Wildman–Crippen LogP) is 2.62. The van der Waals surface area contributed by atoms with Crippen molar-refractivity contribution in [3.8, 4) is 5.75 Å². The normalized spacial score (nSPS) is 11.6. The lowest BCUT2D eigenvalue weighted by molar-refractivity contribution is -0.141. The lowest BCUT2D eigenvalue weighted by Crippen LogP contribution is -2.49. The summed E-state index contributed by atoms with van der Waals surface area (Å²) in [5.41, 5.74) is 0.367. The first-order chi connectivity index (χ1) is 11.5. The molecule has 0 saturated heterocycles. The second-order valence-electron chi connectivity index (χ2n) is 5.56. The van der Waals surface area contributed by atoms with E-state index >= 15 is 0 Å². The van der Waals surface area contributed by atoms with E-state index in [1.165, 1.54) is 0 Å².